The minimum Gasteiger partial charge on any atom is -0.342 e. The highest BCUT2D eigenvalue weighted by atomic mass is 35.5. The van der Waals surface area contributed by atoms with E-state index in [9.17, 15) is 0 Å². The molecule has 0 spiro atoms. The first-order chi connectivity index (χ1) is 6.79. The van der Waals surface area contributed by atoms with Crippen LogP contribution in [-0.2, 0) is 6.42 Å². The third-order valence-electron chi connectivity index (χ3n) is 2.26. The van der Waals surface area contributed by atoms with Gasteiger partial charge in [0.2, 0.25) is 0 Å². The van der Waals surface area contributed by atoms with Gasteiger partial charge < -0.3 is 4.98 Å². The summed E-state index contributed by atoms with van der Waals surface area (Å²) in [4.78, 5) is 7.76. The fraction of sp³-hybridized carbons (Fsp3) is 0.364. The number of benzene rings is 1. The van der Waals surface area contributed by atoms with Crippen LogP contribution in [0, 0.1) is 0 Å². The number of imidazole rings is 1. The van der Waals surface area contributed by atoms with Crippen LogP contribution in [-0.4, -0.2) is 9.97 Å². The van der Waals surface area contributed by atoms with E-state index in [-0.39, 0.29) is 0 Å². The van der Waals surface area contributed by atoms with E-state index in [0.717, 1.165) is 28.3 Å². The zero-order valence-electron chi connectivity index (χ0n) is 8.18. The van der Waals surface area contributed by atoms with Crippen molar-refractivity contribution in [2.75, 3.05) is 0 Å². The molecule has 1 heterocycles. The summed E-state index contributed by atoms with van der Waals surface area (Å²) in [5.74, 6) is 1.06. The second-order valence-electron chi connectivity index (χ2n) is 3.45. The van der Waals surface area contributed by atoms with Crippen LogP contribution in [0.2, 0.25) is 5.02 Å². The molecule has 0 saturated carbocycles. The quantitative estimate of drug-likeness (QED) is 0.821. The number of hydrogen-bond acceptors (Lipinski definition) is 1. The highest BCUT2D eigenvalue weighted by Crippen LogP contribution is 2.17. The third-order valence-corrected chi connectivity index (χ3v) is 2.50. The molecule has 0 atom stereocenters. The van der Waals surface area contributed by atoms with Gasteiger partial charge in [-0.25, -0.2) is 4.98 Å². The molecule has 1 aromatic heterocycles. The lowest BCUT2D eigenvalue weighted by Crippen LogP contribution is -1.86. The lowest BCUT2D eigenvalue weighted by atomic mass is 10.2. The van der Waals surface area contributed by atoms with Gasteiger partial charge in [-0.3, -0.25) is 0 Å². The molecule has 14 heavy (non-hydrogen) atoms. The van der Waals surface area contributed by atoms with Crippen molar-refractivity contribution in [3.63, 3.8) is 0 Å². The number of hydrogen-bond donors (Lipinski definition) is 1. The summed E-state index contributed by atoms with van der Waals surface area (Å²) in [6.45, 7) is 2.18. The second kappa shape index (κ2) is 4.01. The Kier molecular flexibility index (Phi) is 2.73. The van der Waals surface area contributed by atoms with Crippen LogP contribution in [0.5, 0.6) is 0 Å². The summed E-state index contributed by atoms with van der Waals surface area (Å²) in [6, 6.07) is 5.74. The van der Waals surface area contributed by atoms with Crippen LogP contribution in [0.3, 0.4) is 0 Å². The van der Waals surface area contributed by atoms with Crippen molar-refractivity contribution in [3.05, 3.63) is 29.0 Å². The minimum atomic E-state index is 0.742. The molecule has 0 aliphatic rings. The van der Waals surface area contributed by atoms with E-state index in [1.54, 1.807) is 0 Å². The van der Waals surface area contributed by atoms with E-state index in [0.29, 0.717) is 0 Å². The van der Waals surface area contributed by atoms with E-state index < -0.39 is 0 Å². The van der Waals surface area contributed by atoms with Crippen molar-refractivity contribution in [2.24, 2.45) is 0 Å². The normalized spacial score (nSPS) is 11.0. The number of nitrogens with one attached hydrogen (secondary N) is 1. The molecular formula is C11H13ClN2. The molecule has 2 aromatic rings. The summed E-state index contributed by atoms with van der Waals surface area (Å²) < 4.78 is 0. The number of rotatable bonds is 3. The molecule has 0 aliphatic heterocycles. The maximum absolute atomic E-state index is 5.88. The Bertz CT molecular complexity index is 434. The van der Waals surface area contributed by atoms with Gasteiger partial charge in [0, 0.05) is 11.4 Å². The largest absolute Gasteiger partial charge is 0.342 e. The maximum atomic E-state index is 5.88. The van der Waals surface area contributed by atoms with E-state index in [4.69, 9.17) is 11.6 Å². The highest BCUT2D eigenvalue weighted by Gasteiger charge is 2.02. The van der Waals surface area contributed by atoms with Gasteiger partial charge in [-0.2, -0.15) is 0 Å². The predicted molar refractivity (Wildman–Crippen MR) is 59.7 cm³/mol. The summed E-state index contributed by atoms with van der Waals surface area (Å²) in [6.07, 6.45) is 3.38. The molecule has 0 amide bonds. The number of nitrogens with zero attached hydrogens (tertiary/aromatic N) is 1. The molecule has 0 fully saturated rings. The van der Waals surface area contributed by atoms with Gasteiger partial charge in [0.25, 0.3) is 0 Å². The standard InChI is InChI=1S/C11H13ClN2/c1-2-3-4-11-13-9-6-5-8(12)7-10(9)14-11/h5-7H,2-4H2,1H3,(H,13,14). The SMILES string of the molecule is CCCCc1nc2cc(Cl)ccc2[nH]1. The minimum absolute atomic E-state index is 0.742. The monoisotopic (exact) mass is 208 g/mol. The Labute approximate surface area is 88.3 Å². The third kappa shape index (κ3) is 1.90. The number of aromatic nitrogens is 2. The smallest absolute Gasteiger partial charge is 0.107 e. The van der Waals surface area contributed by atoms with Gasteiger partial charge in [0.1, 0.15) is 5.82 Å². The average molecular weight is 209 g/mol. The molecular weight excluding hydrogens is 196 g/mol. The van der Waals surface area contributed by atoms with Crippen LogP contribution in [0.1, 0.15) is 25.6 Å². The van der Waals surface area contributed by atoms with Gasteiger partial charge >= 0.3 is 0 Å². The Hall–Kier alpha value is -1.02. The number of H-pyrrole nitrogens is 1. The van der Waals surface area contributed by atoms with E-state index >= 15 is 0 Å². The van der Waals surface area contributed by atoms with Crippen molar-refractivity contribution in [1.29, 1.82) is 0 Å². The van der Waals surface area contributed by atoms with Gasteiger partial charge in [-0.05, 0) is 24.6 Å². The van der Waals surface area contributed by atoms with Crippen molar-refractivity contribution in [1.82, 2.24) is 9.97 Å². The van der Waals surface area contributed by atoms with E-state index in [2.05, 4.69) is 16.9 Å². The van der Waals surface area contributed by atoms with E-state index in [1.165, 1.54) is 12.8 Å². The van der Waals surface area contributed by atoms with Crippen molar-refractivity contribution < 1.29 is 0 Å². The fourth-order valence-corrected chi connectivity index (χ4v) is 1.66. The first-order valence-electron chi connectivity index (χ1n) is 4.93. The van der Waals surface area contributed by atoms with Crippen LogP contribution < -0.4 is 0 Å². The fourth-order valence-electron chi connectivity index (χ4n) is 1.49. The Morgan fingerprint density at radius 2 is 2.29 bits per heavy atom. The molecule has 0 unspecified atom stereocenters. The van der Waals surface area contributed by atoms with Crippen LogP contribution >= 0.6 is 11.6 Å². The number of aromatic amines is 1. The van der Waals surface area contributed by atoms with Crippen molar-refractivity contribution >= 4 is 22.6 Å². The summed E-state index contributed by atoms with van der Waals surface area (Å²) in [7, 11) is 0. The maximum Gasteiger partial charge on any atom is 0.107 e. The van der Waals surface area contributed by atoms with Gasteiger partial charge in [0.05, 0.1) is 11.0 Å². The number of aryl methyl sites for hydroxylation is 1. The van der Waals surface area contributed by atoms with Crippen LogP contribution in [0.25, 0.3) is 11.0 Å². The predicted octanol–water partition coefficient (Wildman–Crippen LogP) is 3.56. The number of halogens is 1. The topological polar surface area (TPSA) is 28.7 Å². The molecule has 0 radical (unpaired) electrons. The zero-order chi connectivity index (χ0) is 9.97. The lowest BCUT2D eigenvalue weighted by molar-refractivity contribution is 0.765. The van der Waals surface area contributed by atoms with Gasteiger partial charge in [-0.15, -0.1) is 0 Å². The van der Waals surface area contributed by atoms with Gasteiger partial charge in [0.15, 0.2) is 0 Å². The first-order valence-corrected chi connectivity index (χ1v) is 5.31. The average Bonchev–Trinajstić information content (AvgIpc) is 2.56. The molecule has 1 aromatic carbocycles. The Morgan fingerprint density at radius 3 is 3.07 bits per heavy atom. The molecule has 0 bridgehead atoms. The number of unbranched alkanes of at least 4 members (excludes halogenated alkanes) is 1. The summed E-state index contributed by atoms with van der Waals surface area (Å²) in [5, 5.41) is 0.742. The van der Waals surface area contributed by atoms with Crippen LogP contribution in [0.4, 0.5) is 0 Å². The highest BCUT2D eigenvalue weighted by molar-refractivity contribution is 6.31. The molecule has 74 valence electrons. The molecule has 2 rings (SSSR count). The van der Waals surface area contributed by atoms with Crippen molar-refractivity contribution in [3.8, 4) is 0 Å². The van der Waals surface area contributed by atoms with Gasteiger partial charge in [-0.1, -0.05) is 24.9 Å². The Morgan fingerprint density at radius 1 is 1.43 bits per heavy atom. The molecule has 2 nitrogen and oxygen atoms in total. The molecule has 3 heteroatoms. The molecule has 0 aliphatic carbocycles. The molecule has 1 N–H and O–H groups in total. The number of fused-ring (bicyclic) bond motifs is 1. The second-order valence-corrected chi connectivity index (χ2v) is 3.88. The zero-order valence-corrected chi connectivity index (χ0v) is 8.93. The van der Waals surface area contributed by atoms with E-state index in [1.807, 2.05) is 18.2 Å². The van der Waals surface area contributed by atoms with Crippen LogP contribution in [0.15, 0.2) is 18.2 Å². The lowest BCUT2D eigenvalue weighted by Gasteiger charge is -1.90. The summed E-state index contributed by atoms with van der Waals surface area (Å²) >= 11 is 5.88. The molecule has 0 saturated heterocycles. The summed E-state index contributed by atoms with van der Waals surface area (Å²) in [5.41, 5.74) is 2.03. The van der Waals surface area contributed by atoms with Crippen molar-refractivity contribution in [2.45, 2.75) is 26.2 Å². The first kappa shape index (κ1) is 9.53. The Balaban J connectivity index is 2.32.